The Labute approximate surface area is 86.3 Å². The van der Waals surface area contributed by atoms with E-state index in [0.717, 1.165) is 18.6 Å². The molecule has 1 aliphatic heterocycles. The van der Waals surface area contributed by atoms with Gasteiger partial charge in [0.2, 0.25) is 5.82 Å². The number of nitrogens with zero attached hydrogens (tertiary/aromatic N) is 2. The molecule has 0 bridgehead atoms. The molecule has 14 heavy (non-hydrogen) atoms. The van der Waals surface area contributed by atoms with Crippen molar-refractivity contribution < 1.29 is 9.90 Å². The van der Waals surface area contributed by atoms with Crippen LogP contribution in [-0.4, -0.2) is 32.1 Å². The van der Waals surface area contributed by atoms with Gasteiger partial charge in [0, 0.05) is 24.2 Å². The van der Waals surface area contributed by atoms with Gasteiger partial charge in [-0.2, -0.15) is 11.8 Å². The second kappa shape index (κ2) is 4.04. The van der Waals surface area contributed by atoms with Gasteiger partial charge in [0.1, 0.15) is 0 Å². The minimum atomic E-state index is -0.939. The molecule has 1 unspecified atom stereocenters. The first kappa shape index (κ1) is 9.58. The van der Waals surface area contributed by atoms with Crippen molar-refractivity contribution in [3.05, 3.63) is 18.2 Å². The van der Waals surface area contributed by atoms with Gasteiger partial charge in [0.15, 0.2) is 0 Å². The molecule has 2 rings (SSSR count). The van der Waals surface area contributed by atoms with E-state index in [1.807, 2.05) is 11.8 Å². The number of imidazole rings is 1. The molecule has 0 aromatic carbocycles. The number of aromatic carboxylic acids is 1. The highest BCUT2D eigenvalue weighted by Crippen LogP contribution is 2.27. The summed E-state index contributed by atoms with van der Waals surface area (Å²) in [6.45, 7) is 0. The van der Waals surface area contributed by atoms with Crippen molar-refractivity contribution in [1.82, 2.24) is 9.55 Å². The van der Waals surface area contributed by atoms with Gasteiger partial charge in [0.25, 0.3) is 0 Å². The quantitative estimate of drug-likeness (QED) is 0.809. The Hall–Kier alpha value is -0.970. The Morgan fingerprint density at radius 3 is 3.21 bits per heavy atom. The minimum Gasteiger partial charge on any atom is -0.475 e. The van der Waals surface area contributed by atoms with Gasteiger partial charge >= 0.3 is 5.97 Å². The van der Waals surface area contributed by atoms with Crippen LogP contribution in [0.1, 0.15) is 29.5 Å². The Kier molecular flexibility index (Phi) is 2.77. The molecule has 0 saturated carbocycles. The highest BCUT2D eigenvalue weighted by Gasteiger charge is 2.20. The molecular formula is C9H12N2O2S. The molecule has 76 valence electrons. The Morgan fingerprint density at radius 1 is 1.71 bits per heavy atom. The SMILES string of the molecule is O=C(O)c1nccn1C1CCCSC1. The van der Waals surface area contributed by atoms with Crippen LogP contribution in [-0.2, 0) is 0 Å². The van der Waals surface area contributed by atoms with Crippen LogP contribution in [0, 0.1) is 0 Å². The summed E-state index contributed by atoms with van der Waals surface area (Å²) in [5, 5.41) is 8.90. The van der Waals surface area contributed by atoms with Crippen molar-refractivity contribution in [3.8, 4) is 0 Å². The summed E-state index contributed by atoms with van der Waals surface area (Å²) in [4.78, 5) is 14.7. The van der Waals surface area contributed by atoms with E-state index in [2.05, 4.69) is 4.98 Å². The van der Waals surface area contributed by atoms with Crippen molar-refractivity contribution in [1.29, 1.82) is 0 Å². The predicted molar refractivity (Wildman–Crippen MR) is 54.8 cm³/mol. The molecular weight excluding hydrogens is 200 g/mol. The molecule has 1 aromatic rings. The zero-order chi connectivity index (χ0) is 9.97. The van der Waals surface area contributed by atoms with Gasteiger partial charge in [-0.05, 0) is 18.6 Å². The molecule has 4 nitrogen and oxygen atoms in total. The third-order valence-electron chi connectivity index (χ3n) is 2.39. The fraction of sp³-hybridized carbons (Fsp3) is 0.556. The standard InChI is InChI=1S/C9H12N2O2S/c12-9(13)8-10-3-4-11(8)7-2-1-5-14-6-7/h3-4,7H,1-2,5-6H2,(H,12,13). The number of thioether (sulfide) groups is 1. The third kappa shape index (κ3) is 1.77. The van der Waals surface area contributed by atoms with Crippen molar-refractivity contribution >= 4 is 17.7 Å². The first-order valence-electron chi connectivity index (χ1n) is 4.63. The normalized spacial score (nSPS) is 22.1. The maximum atomic E-state index is 10.8. The first-order valence-corrected chi connectivity index (χ1v) is 5.78. The van der Waals surface area contributed by atoms with Gasteiger partial charge in [-0.15, -0.1) is 0 Å². The lowest BCUT2D eigenvalue weighted by molar-refractivity contribution is 0.0675. The van der Waals surface area contributed by atoms with Gasteiger partial charge in [-0.3, -0.25) is 0 Å². The molecule has 1 fully saturated rings. The van der Waals surface area contributed by atoms with E-state index in [-0.39, 0.29) is 5.82 Å². The molecule has 0 amide bonds. The van der Waals surface area contributed by atoms with Crippen LogP contribution in [0.5, 0.6) is 0 Å². The third-order valence-corrected chi connectivity index (χ3v) is 3.59. The van der Waals surface area contributed by atoms with Gasteiger partial charge in [0.05, 0.1) is 0 Å². The average Bonchev–Trinajstić information content (AvgIpc) is 2.67. The lowest BCUT2D eigenvalue weighted by atomic mass is 10.2. The summed E-state index contributed by atoms with van der Waals surface area (Å²) >= 11 is 1.88. The number of hydrogen-bond donors (Lipinski definition) is 1. The maximum Gasteiger partial charge on any atom is 0.372 e. The van der Waals surface area contributed by atoms with Crippen molar-refractivity contribution in [2.24, 2.45) is 0 Å². The van der Waals surface area contributed by atoms with Crippen LogP contribution in [0.3, 0.4) is 0 Å². The Balaban J connectivity index is 2.21. The maximum absolute atomic E-state index is 10.8. The van der Waals surface area contributed by atoms with Crippen LogP contribution in [0.25, 0.3) is 0 Å². The van der Waals surface area contributed by atoms with Crippen molar-refractivity contribution in [2.45, 2.75) is 18.9 Å². The molecule has 1 saturated heterocycles. The predicted octanol–water partition coefficient (Wildman–Crippen LogP) is 1.65. The molecule has 0 aliphatic carbocycles. The Morgan fingerprint density at radius 2 is 2.57 bits per heavy atom. The van der Waals surface area contributed by atoms with E-state index in [1.165, 1.54) is 5.75 Å². The highest BCUT2D eigenvalue weighted by atomic mass is 32.2. The van der Waals surface area contributed by atoms with Crippen LogP contribution in [0.4, 0.5) is 0 Å². The summed E-state index contributed by atoms with van der Waals surface area (Å²) in [5.41, 5.74) is 0. The van der Waals surface area contributed by atoms with Gasteiger partial charge < -0.3 is 9.67 Å². The topological polar surface area (TPSA) is 55.1 Å². The Bertz CT molecular complexity index is 331. The minimum absolute atomic E-state index is 0.164. The van der Waals surface area contributed by atoms with Crippen LogP contribution in [0.2, 0.25) is 0 Å². The van der Waals surface area contributed by atoms with Crippen LogP contribution in [0.15, 0.2) is 12.4 Å². The largest absolute Gasteiger partial charge is 0.475 e. The van der Waals surface area contributed by atoms with Gasteiger partial charge in [-0.25, -0.2) is 9.78 Å². The first-order chi connectivity index (χ1) is 6.79. The fourth-order valence-electron chi connectivity index (χ4n) is 1.72. The lowest BCUT2D eigenvalue weighted by Gasteiger charge is -2.23. The fourth-order valence-corrected chi connectivity index (χ4v) is 2.85. The van der Waals surface area contributed by atoms with E-state index >= 15 is 0 Å². The molecule has 1 aromatic heterocycles. The van der Waals surface area contributed by atoms with E-state index in [4.69, 9.17) is 5.11 Å². The molecule has 1 N–H and O–H groups in total. The monoisotopic (exact) mass is 212 g/mol. The number of carbonyl (C=O) groups is 1. The zero-order valence-corrected chi connectivity index (χ0v) is 8.54. The van der Waals surface area contributed by atoms with E-state index in [0.29, 0.717) is 6.04 Å². The molecule has 0 radical (unpaired) electrons. The van der Waals surface area contributed by atoms with Gasteiger partial charge in [-0.1, -0.05) is 0 Å². The summed E-state index contributed by atoms with van der Waals surface area (Å²) in [7, 11) is 0. The number of aromatic nitrogens is 2. The number of carboxylic acids is 1. The van der Waals surface area contributed by atoms with Crippen LogP contribution >= 0.6 is 11.8 Å². The number of carboxylic acid groups (broad SMARTS) is 1. The lowest BCUT2D eigenvalue weighted by Crippen LogP contribution is -2.20. The molecule has 1 atom stereocenters. The molecule has 0 spiro atoms. The zero-order valence-electron chi connectivity index (χ0n) is 7.72. The second-order valence-electron chi connectivity index (χ2n) is 3.33. The molecule has 1 aliphatic rings. The summed E-state index contributed by atoms with van der Waals surface area (Å²) in [6.07, 6.45) is 5.54. The molecule has 5 heteroatoms. The second-order valence-corrected chi connectivity index (χ2v) is 4.48. The number of hydrogen-bond acceptors (Lipinski definition) is 3. The summed E-state index contributed by atoms with van der Waals surface area (Å²) < 4.78 is 1.79. The summed E-state index contributed by atoms with van der Waals surface area (Å²) in [5.74, 6) is 1.41. The van der Waals surface area contributed by atoms with E-state index in [1.54, 1.807) is 17.0 Å². The van der Waals surface area contributed by atoms with Crippen molar-refractivity contribution in [2.75, 3.05) is 11.5 Å². The smallest absolute Gasteiger partial charge is 0.372 e. The molecule has 2 heterocycles. The van der Waals surface area contributed by atoms with E-state index < -0.39 is 5.97 Å². The van der Waals surface area contributed by atoms with Crippen LogP contribution < -0.4 is 0 Å². The average molecular weight is 212 g/mol. The highest BCUT2D eigenvalue weighted by molar-refractivity contribution is 7.99. The summed E-state index contributed by atoms with van der Waals surface area (Å²) in [6, 6.07) is 0.308. The van der Waals surface area contributed by atoms with E-state index in [9.17, 15) is 4.79 Å². The van der Waals surface area contributed by atoms with Crippen molar-refractivity contribution in [3.63, 3.8) is 0 Å². The number of rotatable bonds is 2.